The van der Waals surface area contributed by atoms with E-state index in [1.165, 1.54) is 16.0 Å². The van der Waals surface area contributed by atoms with Gasteiger partial charge in [0, 0.05) is 21.8 Å². The molecule has 1 amide bonds. The summed E-state index contributed by atoms with van der Waals surface area (Å²) in [5.41, 5.74) is 5.03. The molecule has 0 aliphatic heterocycles. The molecule has 1 aliphatic rings. The molecule has 1 N–H and O–H groups in total. The quantitative estimate of drug-likeness (QED) is 0.327. The molecule has 0 saturated heterocycles. The number of carbonyl (C=O) groups is 1. The van der Waals surface area contributed by atoms with Crippen molar-refractivity contribution in [3.63, 3.8) is 0 Å². The number of hydrogen-bond donors (Lipinski definition) is 1. The maximum Gasteiger partial charge on any atom is 0.251 e. The van der Waals surface area contributed by atoms with Crippen LogP contribution in [0.15, 0.2) is 88.2 Å². The van der Waals surface area contributed by atoms with Gasteiger partial charge in [-0.25, -0.2) is 4.98 Å². The second-order valence-electron chi connectivity index (χ2n) is 8.32. The fourth-order valence-corrected chi connectivity index (χ4v) is 5.18. The number of aryl methyl sites for hydroxylation is 2. The van der Waals surface area contributed by atoms with Gasteiger partial charge in [0.1, 0.15) is 5.76 Å². The Kier molecular flexibility index (Phi) is 6.31. The molecule has 5 rings (SSSR count). The molecule has 1 aromatic heterocycles. The molecule has 0 radical (unpaired) electrons. The van der Waals surface area contributed by atoms with Crippen molar-refractivity contribution >= 4 is 17.7 Å². The third-order valence-electron chi connectivity index (χ3n) is 6.08. The number of amides is 1. The second-order valence-corrected chi connectivity index (χ2v) is 9.37. The molecular weight excluding hydrogens is 428 g/mol. The average Bonchev–Trinajstić information content (AvgIpc) is 3.24. The van der Waals surface area contributed by atoms with Gasteiger partial charge in [0.2, 0.25) is 5.89 Å². The highest BCUT2D eigenvalue weighted by atomic mass is 32.2. The standard InChI is InChI=1S/C28H26N2O2S/c1-19-26(18-33-23-10-3-2-4-11-23)30-28(32-19)22-16-14-21(15-17-22)27(31)29-25-13-7-9-20-8-5-6-12-24(20)25/h2-6,8,10-12,14-17,25H,7,9,13,18H2,1H3,(H,29,31). The molecule has 33 heavy (non-hydrogen) atoms. The number of oxazole rings is 1. The van der Waals surface area contributed by atoms with Crippen LogP contribution in [0.1, 0.15) is 51.8 Å². The van der Waals surface area contributed by atoms with E-state index in [9.17, 15) is 4.79 Å². The molecule has 166 valence electrons. The fraction of sp³-hybridized carbons (Fsp3) is 0.214. The maximum absolute atomic E-state index is 12.9. The van der Waals surface area contributed by atoms with Crippen LogP contribution in [-0.4, -0.2) is 10.9 Å². The largest absolute Gasteiger partial charge is 0.441 e. The molecule has 5 heteroatoms. The normalized spacial score (nSPS) is 15.1. The molecule has 0 saturated carbocycles. The third-order valence-corrected chi connectivity index (χ3v) is 7.10. The zero-order valence-electron chi connectivity index (χ0n) is 18.6. The zero-order chi connectivity index (χ0) is 22.6. The Labute approximate surface area is 198 Å². The predicted octanol–water partition coefficient (Wildman–Crippen LogP) is 6.75. The van der Waals surface area contributed by atoms with Crippen molar-refractivity contribution in [2.75, 3.05) is 0 Å². The average molecular weight is 455 g/mol. The first-order valence-corrected chi connectivity index (χ1v) is 12.3. The number of nitrogens with zero attached hydrogens (tertiary/aromatic N) is 1. The minimum absolute atomic E-state index is 0.0493. The number of fused-ring (bicyclic) bond motifs is 1. The van der Waals surface area contributed by atoms with Crippen molar-refractivity contribution in [2.45, 2.75) is 42.9 Å². The lowest BCUT2D eigenvalue weighted by Crippen LogP contribution is -2.30. The molecule has 0 fully saturated rings. The van der Waals surface area contributed by atoms with Gasteiger partial charge in [-0.3, -0.25) is 4.79 Å². The van der Waals surface area contributed by atoms with Gasteiger partial charge in [0.15, 0.2) is 0 Å². The summed E-state index contributed by atoms with van der Waals surface area (Å²) in [5, 5.41) is 3.22. The number of rotatable bonds is 6. The highest BCUT2D eigenvalue weighted by Gasteiger charge is 2.22. The Bertz CT molecular complexity index is 1250. The van der Waals surface area contributed by atoms with E-state index >= 15 is 0 Å². The SMILES string of the molecule is Cc1oc(-c2ccc(C(=O)NC3CCCc4ccccc43)cc2)nc1CSc1ccccc1. The number of aromatic nitrogens is 1. The minimum Gasteiger partial charge on any atom is -0.441 e. The first-order chi connectivity index (χ1) is 16.2. The lowest BCUT2D eigenvalue weighted by Gasteiger charge is -2.26. The molecule has 1 aliphatic carbocycles. The van der Waals surface area contributed by atoms with E-state index in [4.69, 9.17) is 9.40 Å². The van der Waals surface area contributed by atoms with E-state index in [2.05, 4.69) is 35.6 Å². The summed E-state index contributed by atoms with van der Waals surface area (Å²) in [4.78, 5) is 18.8. The lowest BCUT2D eigenvalue weighted by molar-refractivity contribution is 0.0932. The highest BCUT2D eigenvalue weighted by Crippen LogP contribution is 2.30. The fourth-order valence-electron chi connectivity index (χ4n) is 4.26. The van der Waals surface area contributed by atoms with E-state index in [0.29, 0.717) is 11.5 Å². The second kappa shape index (κ2) is 9.67. The van der Waals surface area contributed by atoms with Gasteiger partial charge in [-0.1, -0.05) is 42.5 Å². The van der Waals surface area contributed by atoms with E-state index < -0.39 is 0 Å². The van der Waals surface area contributed by atoms with E-state index in [1.807, 2.05) is 55.5 Å². The molecule has 3 aromatic carbocycles. The van der Waals surface area contributed by atoms with Gasteiger partial charge in [0.25, 0.3) is 5.91 Å². The van der Waals surface area contributed by atoms with Gasteiger partial charge in [-0.2, -0.15) is 0 Å². The van der Waals surface area contributed by atoms with Gasteiger partial charge >= 0.3 is 0 Å². The minimum atomic E-state index is -0.0493. The van der Waals surface area contributed by atoms with Crippen LogP contribution in [0.4, 0.5) is 0 Å². The Balaban J connectivity index is 1.26. The van der Waals surface area contributed by atoms with Crippen LogP contribution in [0.25, 0.3) is 11.5 Å². The van der Waals surface area contributed by atoms with Crippen molar-refractivity contribution in [3.8, 4) is 11.5 Å². The number of hydrogen-bond acceptors (Lipinski definition) is 4. The van der Waals surface area contributed by atoms with Crippen LogP contribution in [0.3, 0.4) is 0 Å². The van der Waals surface area contributed by atoms with Crippen molar-refractivity contribution in [1.29, 1.82) is 0 Å². The van der Waals surface area contributed by atoms with Gasteiger partial charge in [-0.15, -0.1) is 11.8 Å². The van der Waals surface area contributed by atoms with E-state index in [0.717, 1.165) is 42.0 Å². The third kappa shape index (κ3) is 4.88. The molecule has 0 bridgehead atoms. The van der Waals surface area contributed by atoms with Crippen LogP contribution in [0.2, 0.25) is 0 Å². The topological polar surface area (TPSA) is 55.1 Å². The van der Waals surface area contributed by atoms with Crippen molar-refractivity contribution in [2.24, 2.45) is 0 Å². The van der Waals surface area contributed by atoms with Crippen molar-refractivity contribution in [3.05, 3.63) is 107 Å². The molecule has 4 nitrogen and oxygen atoms in total. The smallest absolute Gasteiger partial charge is 0.251 e. The van der Waals surface area contributed by atoms with E-state index in [1.54, 1.807) is 11.8 Å². The van der Waals surface area contributed by atoms with Crippen LogP contribution in [0.5, 0.6) is 0 Å². The van der Waals surface area contributed by atoms with E-state index in [-0.39, 0.29) is 11.9 Å². The van der Waals surface area contributed by atoms with Crippen molar-refractivity contribution < 1.29 is 9.21 Å². The Morgan fingerprint density at radius 3 is 2.61 bits per heavy atom. The maximum atomic E-state index is 12.9. The number of benzene rings is 3. The molecule has 1 heterocycles. The van der Waals surface area contributed by atoms with Crippen LogP contribution in [0, 0.1) is 6.92 Å². The van der Waals surface area contributed by atoms with Gasteiger partial charge in [0.05, 0.1) is 11.7 Å². The Morgan fingerprint density at radius 1 is 1.03 bits per heavy atom. The summed E-state index contributed by atoms with van der Waals surface area (Å²) in [6, 6.07) is 26.2. The van der Waals surface area contributed by atoms with Gasteiger partial charge < -0.3 is 9.73 Å². The molecule has 4 aromatic rings. The summed E-state index contributed by atoms with van der Waals surface area (Å²) >= 11 is 1.74. The van der Waals surface area contributed by atoms with Crippen LogP contribution >= 0.6 is 11.8 Å². The molecular formula is C28H26N2O2S. The highest BCUT2D eigenvalue weighted by molar-refractivity contribution is 7.98. The Morgan fingerprint density at radius 2 is 1.79 bits per heavy atom. The Hall–Kier alpha value is -3.31. The number of thioether (sulfide) groups is 1. The molecule has 1 unspecified atom stereocenters. The van der Waals surface area contributed by atoms with Crippen LogP contribution < -0.4 is 5.32 Å². The summed E-state index contributed by atoms with van der Waals surface area (Å²) < 4.78 is 5.93. The summed E-state index contributed by atoms with van der Waals surface area (Å²) in [6.45, 7) is 1.95. The molecule has 0 spiro atoms. The lowest BCUT2D eigenvalue weighted by atomic mass is 9.87. The first-order valence-electron chi connectivity index (χ1n) is 11.3. The predicted molar refractivity (Wildman–Crippen MR) is 132 cm³/mol. The monoisotopic (exact) mass is 454 g/mol. The number of carbonyl (C=O) groups excluding carboxylic acids is 1. The summed E-state index contributed by atoms with van der Waals surface area (Å²) in [5.74, 6) is 2.12. The summed E-state index contributed by atoms with van der Waals surface area (Å²) in [7, 11) is 0. The first kappa shape index (κ1) is 21.5. The zero-order valence-corrected chi connectivity index (χ0v) is 19.4. The van der Waals surface area contributed by atoms with Crippen molar-refractivity contribution in [1.82, 2.24) is 10.3 Å². The number of nitrogens with one attached hydrogen (secondary N) is 1. The van der Waals surface area contributed by atoms with Gasteiger partial charge in [-0.05, 0) is 73.7 Å². The summed E-state index contributed by atoms with van der Waals surface area (Å²) in [6.07, 6.45) is 3.15. The van der Waals surface area contributed by atoms with Crippen LogP contribution in [-0.2, 0) is 12.2 Å². The molecule has 1 atom stereocenters.